The maximum Gasteiger partial charge on any atom is 0.223 e. The van der Waals surface area contributed by atoms with Gasteiger partial charge in [0.1, 0.15) is 0 Å². The first-order valence-corrected chi connectivity index (χ1v) is 6.92. The number of hydrogen-bond acceptors (Lipinski definition) is 3. The molecule has 2 aliphatic rings. The SMILES string of the molecule is O=C(NCC1CCC(O)CC1)C1CCNCC1. The van der Waals surface area contributed by atoms with Crippen LogP contribution in [0.5, 0.6) is 0 Å². The number of carbonyl (C=O) groups excluding carboxylic acids is 1. The number of aliphatic hydroxyl groups is 1. The highest BCUT2D eigenvalue weighted by Crippen LogP contribution is 2.23. The van der Waals surface area contributed by atoms with Gasteiger partial charge in [0.2, 0.25) is 5.91 Å². The Morgan fingerprint density at radius 2 is 1.76 bits per heavy atom. The van der Waals surface area contributed by atoms with Crippen molar-refractivity contribution < 1.29 is 9.90 Å². The molecule has 4 heteroatoms. The third kappa shape index (κ3) is 3.96. The number of amides is 1. The second-order valence-electron chi connectivity index (χ2n) is 5.44. The standard InChI is InChI=1S/C13H24N2O2/c16-12-3-1-10(2-4-12)9-15-13(17)11-5-7-14-8-6-11/h10-12,14,16H,1-9H2,(H,15,17). The Kier molecular flexibility index (Phi) is 4.80. The van der Waals surface area contributed by atoms with E-state index in [1.54, 1.807) is 0 Å². The van der Waals surface area contributed by atoms with Crippen molar-refractivity contribution in [3.8, 4) is 0 Å². The first-order valence-electron chi connectivity index (χ1n) is 6.92. The Hall–Kier alpha value is -0.610. The first kappa shape index (κ1) is 12.8. The van der Waals surface area contributed by atoms with E-state index >= 15 is 0 Å². The van der Waals surface area contributed by atoms with Crippen molar-refractivity contribution in [2.45, 2.75) is 44.6 Å². The van der Waals surface area contributed by atoms with Crippen molar-refractivity contribution in [1.29, 1.82) is 0 Å². The molecule has 0 unspecified atom stereocenters. The van der Waals surface area contributed by atoms with Gasteiger partial charge in [0.05, 0.1) is 6.10 Å². The molecule has 1 aliphatic heterocycles. The summed E-state index contributed by atoms with van der Waals surface area (Å²) in [6.07, 6.45) is 5.72. The minimum atomic E-state index is -0.105. The third-order valence-corrected chi connectivity index (χ3v) is 4.09. The van der Waals surface area contributed by atoms with E-state index < -0.39 is 0 Å². The molecule has 0 bridgehead atoms. The molecule has 2 fully saturated rings. The van der Waals surface area contributed by atoms with Crippen molar-refractivity contribution in [3.05, 3.63) is 0 Å². The van der Waals surface area contributed by atoms with Gasteiger partial charge in [-0.3, -0.25) is 4.79 Å². The summed E-state index contributed by atoms with van der Waals surface area (Å²) in [4.78, 5) is 11.9. The van der Waals surface area contributed by atoms with Crippen LogP contribution in [0.3, 0.4) is 0 Å². The van der Waals surface area contributed by atoms with Crippen LogP contribution in [0.15, 0.2) is 0 Å². The summed E-state index contributed by atoms with van der Waals surface area (Å²) in [5.41, 5.74) is 0. The number of hydrogen-bond donors (Lipinski definition) is 3. The molecule has 0 aromatic rings. The van der Waals surface area contributed by atoms with E-state index in [-0.39, 0.29) is 17.9 Å². The molecule has 0 atom stereocenters. The average Bonchev–Trinajstić information content (AvgIpc) is 2.39. The van der Waals surface area contributed by atoms with Crippen molar-refractivity contribution in [2.75, 3.05) is 19.6 Å². The van der Waals surface area contributed by atoms with Gasteiger partial charge in [-0.2, -0.15) is 0 Å². The van der Waals surface area contributed by atoms with Gasteiger partial charge in [0.25, 0.3) is 0 Å². The van der Waals surface area contributed by atoms with E-state index in [1.165, 1.54) is 0 Å². The highest BCUT2D eigenvalue weighted by molar-refractivity contribution is 5.78. The molecule has 1 heterocycles. The van der Waals surface area contributed by atoms with Crippen molar-refractivity contribution in [2.24, 2.45) is 11.8 Å². The zero-order valence-corrected chi connectivity index (χ0v) is 10.5. The van der Waals surface area contributed by atoms with Crippen LogP contribution in [0.25, 0.3) is 0 Å². The topological polar surface area (TPSA) is 61.4 Å². The van der Waals surface area contributed by atoms with Gasteiger partial charge in [0, 0.05) is 12.5 Å². The summed E-state index contributed by atoms with van der Waals surface area (Å²) in [6, 6.07) is 0. The molecule has 0 aromatic carbocycles. The molecule has 0 aromatic heterocycles. The van der Waals surface area contributed by atoms with E-state index in [1.807, 2.05) is 0 Å². The van der Waals surface area contributed by atoms with Crippen molar-refractivity contribution >= 4 is 5.91 Å². The number of nitrogens with one attached hydrogen (secondary N) is 2. The molecule has 0 radical (unpaired) electrons. The largest absolute Gasteiger partial charge is 0.393 e. The van der Waals surface area contributed by atoms with E-state index in [0.29, 0.717) is 5.92 Å². The van der Waals surface area contributed by atoms with Crippen molar-refractivity contribution in [1.82, 2.24) is 10.6 Å². The monoisotopic (exact) mass is 240 g/mol. The second kappa shape index (κ2) is 6.36. The Balaban J connectivity index is 1.65. The van der Waals surface area contributed by atoms with Gasteiger partial charge in [-0.1, -0.05) is 0 Å². The summed E-state index contributed by atoms with van der Waals surface area (Å²) in [5, 5.41) is 15.8. The molecule has 4 nitrogen and oxygen atoms in total. The van der Waals surface area contributed by atoms with Crippen molar-refractivity contribution in [3.63, 3.8) is 0 Å². The summed E-state index contributed by atoms with van der Waals surface area (Å²) in [7, 11) is 0. The van der Waals surface area contributed by atoms with Crippen LogP contribution in [0.4, 0.5) is 0 Å². The molecule has 1 saturated carbocycles. The average molecular weight is 240 g/mol. The van der Waals surface area contributed by atoms with Gasteiger partial charge in [-0.05, 0) is 57.5 Å². The van der Waals surface area contributed by atoms with E-state index in [2.05, 4.69) is 10.6 Å². The molecule has 2 rings (SSSR count). The lowest BCUT2D eigenvalue weighted by atomic mass is 9.87. The predicted molar refractivity (Wildman–Crippen MR) is 66.6 cm³/mol. The Morgan fingerprint density at radius 1 is 1.12 bits per heavy atom. The highest BCUT2D eigenvalue weighted by atomic mass is 16.3. The first-order chi connectivity index (χ1) is 8.25. The lowest BCUT2D eigenvalue weighted by molar-refractivity contribution is -0.126. The Bertz CT molecular complexity index is 244. The molecule has 1 amide bonds. The number of rotatable bonds is 3. The van der Waals surface area contributed by atoms with Gasteiger partial charge in [0.15, 0.2) is 0 Å². The van der Waals surface area contributed by atoms with Gasteiger partial charge < -0.3 is 15.7 Å². The molecule has 1 aliphatic carbocycles. The zero-order valence-electron chi connectivity index (χ0n) is 10.5. The van der Waals surface area contributed by atoms with Crippen LogP contribution in [-0.4, -0.2) is 36.8 Å². The summed E-state index contributed by atoms with van der Waals surface area (Å²) in [6.45, 7) is 2.73. The number of piperidine rings is 1. The lowest BCUT2D eigenvalue weighted by Gasteiger charge is -2.27. The van der Waals surface area contributed by atoms with E-state index in [9.17, 15) is 9.90 Å². The number of carbonyl (C=O) groups is 1. The number of aliphatic hydroxyl groups excluding tert-OH is 1. The molecule has 17 heavy (non-hydrogen) atoms. The third-order valence-electron chi connectivity index (χ3n) is 4.09. The van der Waals surface area contributed by atoms with Crippen LogP contribution >= 0.6 is 0 Å². The van der Waals surface area contributed by atoms with Crippen LogP contribution in [-0.2, 0) is 4.79 Å². The van der Waals surface area contributed by atoms with Gasteiger partial charge in [-0.15, -0.1) is 0 Å². The maximum atomic E-state index is 11.9. The maximum absolute atomic E-state index is 11.9. The lowest BCUT2D eigenvalue weighted by Crippen LogP contribution is -2.40. The zero-order chi connectivity index (χ0) is 12.1. The molecular weight excluding hydrogens is 216 g/mol. The van der Waals surface area contributed by atoms with Crippen LogP contribution in [0, 0.1) is 11.8 Å². The fourth-order valence-corrected chi connectivity index (χ4v) is 2.82. The smallest absolute Gasteiger partial charge is 0.223 e. The normalized spacial score (nSPS) is 31.1. The molecule has 1 saturated heterocycles. The quantitative estimate of drug-likeness (QED) is 0.679. The molecule has 3 N–H and O–H groups in total. The summed E-state index contributed by atoms with van der Waals surface area (Å²) < 4.78 is 0. The summed E-state index contributed by atoms with van der Waals surface area (Å²) in [5.74, 6) is 1.02. The van der Waals surface area contributed by atoms with Crippen LogP contribution in [0.2, 0.25) is 0 Å². The van der Waals surface area contributed by atoms with Gasteiger partial charge >= 0.3 is 0 Å². The van der Waals surface area contributed by atoms with E-state index in [0.717, 1.165) is 58.2 Å². The van der Waals surface area contributed by atoms with E-state index in [4.69, 9.17) is 0 Å². The summed E-state index contributed by atoms with van der Waals surface area (Å²) >= 11 is 0. The fraction of sp³-hybridized carbons (Fsp3) is 0.923. The second-order valence-corrected chi connectivity index (χ2v) is 5.44. The van der Waals surface area contributed by atoms with Gasteiger partial charge in [-0.25, -0.2) is 0 Å². The van der Waals surface area contributed by atoms with Crippen LogP contribution in [0.1, 0.15) is 38.5 Å². The minimum Gasteiger partial charge on any atom is -0.393 e. The minimum absolute atomic E-state index is 0.105. The Labute approximate surface area is 103 Å². The molecule has 98 valence electrons. The molecule has 0 spiro atoms. The fourth-order valence-electron chi connectivity index (χ4n) is 2.82. The Morgan fingerprint density at radius 3 is 2.41 bits per heavy atom. The highest BCUT2D eigenvalue weighted by Gasteiger charge is 2.23. The molecular formula is C13H24N2O2. The predicted octanol–water partition coefficient (Wildman–Crippen LogP) is 0.653. The van der Waals surface area contributed by atoms with Crippen LogP contribution < -0.4 is 10.6 Å².